The van der Waals surface area contributed by atoms with Gasteiger partial charge in [-0.1, -0.05) is 12.1 Å². The normalized spacial score (nSPS) is 26.0. The number of ketones is 1. The summed E-state index contributed by atoms with van der Waals surface area (Å²) in [5, 5.41) is 0.183. The molecule has 2 amide bonds. The maximum absolute atomic E-state index is 14.3. The number of halogens is 1. The zero-order chi connectivity index (χ0) is 29.7. The number of carbonyl (C=O) groups excluding carboxylic acids is 3. The van der Waals surface area contributed by atoms with Crippen molar-refractivity contribution < 1.29 is 36.7 Å². The number of fused-ring (bicyclic) bond motifs is 1. The minimum atomic E-state index is -3.81. The molecule has 2 aromatic rings. The molecule has 2 heterocycles. The van der Waals surface area contributed by atoms with Gasteiger partial charge in [0.25, 0.3) is 0 Å². The number of pyridine rings is 1. The Morgan fingerprint density at radius 2 is 1.95 bits per heavy atom. The monoisotopic (exact) mass is 587 g/mol. The van der Waals surface area contributed by atoms with Crippen molar-refractivity contribution in [1.29, 1.82) is 0 Å². The molecule has 1 N–H and O–H groups in total. The molecule has 220 valence electrons. The van der Waals surface area contributed by atoms with Crippen molar-refractivity contribution in [2.75, 3.05) is 6.54 Å². The predicted molar refractivity (Wildman–Crippen MR) is 148 cm³/mol. The van der Waals surface area contributed by atoms with E-state index in [0.717, 1.165) is 0 Å². The topological polar surface area (TPSA) is 132 Å². The molecule has 2 saturated carbocycles. The van der Waals surface area contributed by atoms with Gasteiger partial charge in [-0.15, -0.1) is 6.58 Å². The molecule has 1 aromatic carbocycles. The average molecular weight is 588 g/mol. The molecule has 5 rings (SSSR count). The van der Waals surface area contributed by atoms with Crippen LogP contribution in [-0.4, -0.2) is 65.6 Å². The van der Waals surface area contributed by atoms with E-state index in [1.807, 2.05) is 0 Å². The molecule has 10 nitrogen and oxygen atoms in total. The van der Waals surface area contributed by atoms with E-state index < -0.39 is 62.0 Å². The van der Waals surface area contributed by atoms with Crippen LogP contribution in [0.2, 0.25) is 0 Å². The van der Waals surface area contributed by atoms with E-state index in [9.17, 15) is 27.2 Å². The number of nitrogens with one attached hydrogen (secondary N) is 1. The summed E-state index contributed by atoms with van der Waals surface area (Å²) in [5.41, 5.74) is -2.09. The van der Waals surface area contributed by atoms with Crippen LogP contribution in [0.3, 0.4) is 0 Å². The molecule has 0 radical (unpaired) electrons. The number of amides is 2. The number of hydrogen-bond acceptors (Lipinski definition) is 8. The molecule has 1 unspecified atom stereocenters. The Hall–Kier alpha value is -3.54. The number of ether oxygens (including phenoxy) is 2. The lowest BCUT2D eigenvalue weighted by Gasteiger charge is -2.28. The lowest BCUT2D eigenvalue weighted by Crippen LogP contribution is -2.46. The van der Waals surface area contributed by atoms with Gasteiger partial charge in [0.1, 0.15) is 17.5 Å². The summed E-state index contributed by atoms with van der Waals surface area (Å²) in [7, 11) is -3.81. The minimum Gasteiger partial charge on any atom is -0.472 e. The van der Waals surface area contributed by atoms with E-state index >= 15 is 0 Å². The van der Waals surface area contributed by atoms with Gasteiger partial charge < -0.3 is 9.47 Å². The Bertz CT molecular complexity index is 1520. The molecule has 3 aliphatic rings. The van der Waals surface area contributed by atoms with Gasteiger partial charge in [-0.2, -0.15) is 0 Å². The molecule has 0 spiro atoms. The highest BCUT2D eigenvalue weighted by Gasteiger charge is 2.61. The van der Waals surface area contributed by atoms with Crippen molar-refractivity contribution >= 4 is 38.6 Å². The van der Waals surface area contributed by atoms with Gasteiger partial charge in [0.05, 0.1) is 23.3 Å². The van der Waals surface area contributed by atoms with Gasteiger partial charge >= 0.3 is 6.09 Å². The molecule has 0 bridgehead atoms. The van der Waals surface area contributed by atoms with Crippen LogP contribution < -0.4 is 9.46 Å². The highest BCUT2D eigenvalue weighted by molar-refractivity contribution is 7.90. The number of benzene rings is 1. The first-order valence-corrected chi connectivity index (χ1v) is 15.2. The van der Waals surface area contributed by atoms with Crippen molar-refractivity contribution in [2.45, 2.75) is 75.9 Å². The summed E-state index contributed by atoms with van der Waals surface area (Å²) in [6.07, 6.45) is 2.65. The van der Waals surface area contributed by atoms with E-state index in [2.05, 4.69) is 16.3 Å². The highest BCUT2D eigenvalue weighted by Crippen LogP contribution is 2.57. The van der Waals surface area contributed by atoms with Crippen LogP contribution in [0.1, 0.15) is 52.9 Å². The van der Waals surface area contributed by atoms with Crippen molar-refractivity contribution in [1.82, 2.24) is 14.6 Å². The summed E-state index contributed by atoms with van der Waals surface area (Å²) in [6.45, 7) is 8.86. The number of allylic oxidation sites excluding steroid dienone is 1. The Morgan fingerprint density at radius 3 is 2.59 bits per heavy atom. The largest absolute Gasteiger partial charge is 0.472 e. The molecule has 1 aromatic heterocycles. The fourth-order valence-corrected chi connectivity index (χ4v) is 6.80. The fraction of sp³-hybridized carbons (Fsp3) is 0.517. The SMILES string of the molecule is C=C[C@@H]1C[C@]1(CC(=O)C1C[C@@H](Oc2nccc3c(F)cccc23)CN1C(=O)OC(C)(C)C)C(=O)NS(=O)(=O)C1CC1. The molecule has 1 aliphatic heterocycles. The number of rotatable bonds is 9. The van der Waals surface area contributed by atoms with Crippen LogP contribution in [0, 0.1) is 17.2 Å². The lowest BCUT2D eigenvalue weighted by molar-refractivity contribution is -0.131. The maximum Gasteiger partial charge on any atom is 0.411 e. The first-order chi connectivity index (χ1) is 19.2. The van der Waals surface area contributed by atoms with Gasteiger partial charge in [0.15, 0.2) is 5.78 Å². The van der Waals surface area contributed by atoms with E-state index in [0.29, 0.717) is 23.6 Å². The van der Waals surface area contributed by atoms with E-state index in [-0.39, 0.29) is 37.6 Å². The molecule has 3 fully saturated rings. The molecule has 4 atom stereocenters. The molecule has 41 heavy (non-hydrogen) atoms. The number of Topliss-reactive ketones (excluding diaryl/α,β-unsaturated/α-hetero) is 1. The summed E-state index contributed by atoms with van der Waals surface area (Å²) < 4.78 is 53.1. The number of hydrogen-bond donors (Lipinski definition) is 1. The van der Waals surface area contributed by atoms with Crippen molar-refractivity contribution in [3.63, 3.8) is 0 Å². The first kappa shape index (κ1) is 29.0. The predicted octanol–water partition coefficient (Wildman–Crippen LogP) is 3.89. The molecule has 12 heteroatoms. The average Bonchev–Trinajstić information content (AvgIpc) is 3.80. The number of sulfonamides is 1. The van der Waals surface area contributed by atoms with Crippen LogP contribution in [-0.2, 0) is 24.3 Å². The van der Waals surface area contributed by atoms with Crippen LogP contribution >= 0.6 is 0 Å². The molecule has 2 aliphatic carbocycles. The zero-order valence-electron chi connectivity index (χ0n) is 23.3. The minimum absolute atomic E-state index is 0.00114. The highest BCUT2D eigenvalue weighted by atomic mass is 32.2. The Morgan fingerprint density at radius 1 is 1.22 bits per heavy atom. The maximum atomic E-state index is 14.3. The third-order valence-electron chi connectivity index (χ3n) is 7.82. The van der Waals surface area contributed by atoms with Gasteiger partial charge in [-0.3, -0.25) is 19.2 Å². The number of likely N-dealkylation sites (tertiary alicyclic amines) is 1. The number of carbonyl (C=O) groups is 3. The molecular weight excluding hydrogens is 553 g/mol. The van der Waals surface area contributed by atoms with Crippen LogP contribution in [0.25, 0.3) is 10.8 Å². The molecule has 1 saturated heterocycles. The van der Waals surface area contributed by atoms with Crippen molar-refractivity contribution in [3.8, 4) is 5.88 Å². The first-order valence-electron chi connectivity index (χ1n) is 13.6. The van der Waals surface area contributed by atoms with Gasteiger partial charge in [-0.05, 0) is 64.2 Å². The quantitative estimate of drug-likeness (QED) is 0.437. The fourth-order valence-electron chi connectivity index (χ4n) is 5.41. The number of aromatic nitrogens is 1. The number of nitrogens with zero attached hydrogens (tertiary/aromatic N) is 2. The van der Waals surface area contributed by atoms with Gasteiger partial charge in [-0.25, -0.2) is 22.6 Å². The summed E-state index contributed by atoms with van der Waals surface area (Å²) in [4.78, 5) is 45.7. The summed E-state index contributed by atoms with van der Waals surface area (Å²) in [5.74, 6) is -1.78. The zero-order valence-corrected chi connectivity index (χ0v) is 24.1. The van der Waals surface area contributed by atoms with Gasteiger partial charge in [0.2, 0.25) is 21.8 Å². The summed E-state index contributed by atoms with van der Waals surface area (Å²) >= 11 is 0. The van der Waals surface area contributed by atoms with Crippen LogP contribution in [0.4, 0.5) is 9.18 Å². The molecular formula is C29H34FN3O7S. The second kappa shape index (κ2) is 10.4. The smallest absolute Gasteiger partial charge is 0.411 e. The Labute approximate surface area is 238 Å². The van der Waals surface area contributed by atoms with Crippen molar-refractivity contribution in [2.24, 2.45) is 11.3 Å². The van der Waals surface area contributed by atoms with Crippen LogP contribution in [0.5, 0.6) is 5.88 Å². The third-order valence-corrected chi connectivity index (χ3v) is 9.63. The van der Waals surface area contributed by atoms with Gasteiger partial charge in [0, 0.05) is 29.8 Å². The van der Waals surface area contributed by atoms with Crippen molar-refractivity contribution in [3.05, 3.63) is 48.9 Å². The Balaban J connectivity index is 1.38. The van der Waals surface area contributed by atoms with E-state index in [1.165, 1.54) is 23.2 Å². The summed E-state index contributed by atoms with van der Waals surface area (Å²) in [6, 6.07) is 5.09. The third kappa shape index (κ3) is 5.93. The van der Waals surface area contributed by atoms with E-state index in [4.69, 9.17) is 9.47 Å². The lowest BCUT2D eigenvalue weighted by atomic mass is 9.91. The van der Waals surface area contributed by atoms with E-state index in [1.54, 1.807) is 39.0 Å². The standard InChI is InChI=1S/C29H34FN3O7S/c1-5-17-14-29(17,26(35)32-41(37,38)19-9-10-19)15-24(34)23-13-18(16-33(23)27(36)40-28(2,3)4)39-25-21-7-6-8-22(30)20(21)11-12-31-25/h5-8,11-12,17-19,23H,1,9-10,13-16H2,2-4H3,(H,32,35)/t17-,18-,23?,29-/m1/s1. The second-order valence-corrected chi connectivity index (χ2v) is 14.1. The second-order valence-electron chi connectivity index (χ2n) is 12.1. The van der Waals surface area contributed by atoms with Crippen LogP contribution in [0.15, 0.2) is 43.1 Å². The Kier molecular flexibility index (Phi) is 7.33.